The minimum atomic E-state index is -0.986. The maximum Gasteiger partial charge on any atom is 0.339 e. The molecule has 5 nitrogen and oxygen atoms in total. The predicted molar refractivity (Wildman–Crippen MR) is 63.4 cm³/mol. The second-order valence-electron chi connectivity index (χ2n) is 4.38. The first-order valence-corrected chi connectivity index (χ1v) is 5.75. The van der Waals surface area contributed by atoms with Gasteiger partial charge in [0.05, 0.1) is 6.61 Å². The summed E-state index contributed by atoms with van der Waals surface area (Å²) < 4.78 is 0. The Morgan fingerprint density at radius 3 is 3.00 bits per heavy atom. The van der Waals surface area contributed by atoms with Crippen molar-refractivity contribution < 1.29 is 15.0 Å². The molecule has 0 fully saturated rings. The number of hydrogen-bond acceptors (Lipinski definition) is 4. The van der Waals surface area contributed by atoms with Crippen LogP contribution in [0.25, 0.3) is 0 Å². The van der Waals surface area contributed by atoms with Crippen LogP contribution in [0.2, 0.25) is 0 Å². The maximum absolute atomic E-state index is 11.1. The van der Waals surface area contributed by atoms with Crippen molar-refractivity contribution >= 4 is 11.8 Å². The lowest BCUT2D eigenvalue weighted by molar-refractivity contribution is 0.0697. The van der Waals surface area contributed by atoms with Gasteiger partial charge in [0.1, 0.15) is 11.4 Å². The van der Waals surface area contributed by atoms with Gasteiger partial charge in [-0.25, -0.2) is 9.78 Å². The van der Waals surface area contributed by atoms with Crippen LogP contribution in [-0.4, -0.2) is 33.8 Å². The number of rotatable bonds is 4. The summed E-state index contributed by atoms with van der Waals surface area (Å²) >= 11 is 0. The number of carboxylic acids is 1. The molecule has 1 heterocycles. The molecule has 5 heteroatoms. The van der Waals surface area contributed by atoms with Crippen LogP contribution in [0.4, 0.5) is 5.82 Å². The summed E-state index contributed by atoms with van der Waals surface area (Å²) in [6.45, 7) is 1.72. The van der Waals surface area contributed by atoms with Gasteiger partial charge in [-0.1, -0.05) is 0 Å². The fraction of sp³-hybridized carbons (Fsp3) is 0.500. The Morgan fingerprint density at radius 1 is 1.59 bits per heavy atom. The molecule has 0 amide bonds. The largest absolute Gasteiger partial charge is 0.478 e. The van der Waals surface area contributed by atoms with Crippen LogP contribution in [0.3, 0.4) is 0 Å². The topological polar surface area (TPSA) is 82.5 Å². The molecule has 92 valence electrons. The zero-order valence-electron chi connectivity index (χ0n) is 9.73. The third kappa shape index (κ3) is 2.39. The van der Waals surface area contributed by atoms with Gasteiger partial charge in [-0.2, -0.15) is 0 Å². The summed E-state index contributed by atoms with van der Waals surface area (Å²) in [7, 11) is 0. The van der Waals surface area contributed by atoms with Crippen LogP contribution >= 0.6 is 0 Å². The van der Waals surface area contributed by atoms with E-state index in [1.165, 1.54) is 0 Å². The molecule has 0 aromatic carbocycles. The molecule has 0 saturated heterocycles. The normalized spacial score (nSPS) is 15.4. The lowest BCUT2D eigenvalue weighted by Crippen LogP contribution is -2.22. The van der Waals surface area contributed by atoms with Gasteiger partial charge in [-0.15, -0.1) is 0 Å². The Hall–Kier alpha value is -1.62. The van der Waals surface area contributed by atoms with Crippen molar-refractivity contribution in [2.45, 2.75) is 32.2 Å². The Balaban J connectivity index is 2.38. The number of aliphatic hydroxyl groups is 1. The van der Waals surface area contributed by atoms with E-state index >= 15 is 0 Å². The summed E-state index contributed by atoms with van der Waals surface area (Å²) in [5.41, 5.74) is 2.19. The number of anilines is 1. The van der Waals surface area contributed by atoms with Crippen LogP contribution in [0, 0.1) is 0 Å². The lowest BCUT2D eigenvalue weighted by Gasteiger charge is -2.15. The van der Waals surface area contributed by atoms with E-state index in [1.54, 1.807) is 13.0 Å². The number of aryl methyl sites for hydroxylation is 2. The zero-order valence-corrected chi connectivity index (χ0v) is 9.73. The smallest absolute Gasteiger partial charge is 0.339 e. The number of carbonyl (C=O) groups is 1. The average molecular weight is 236 g/mol. The van der Waals surface area contributed by atoms with Crippen LogP contribution < -0.4 is 5.32 Å². The summed E-state index contributed by atoms with van der Waals surface area (Å²) in [5, 5.41) is 21.1. The number of aromatic carboxylic acids is 1. The highest BCUT2D eigenvalue weighted by molar-refractivity contribution is 5.93. The number of carboxylic acid groups (broad SMARTS) is 1. The fourth-order valence-electron chi connectivity index (χ4n) is 2.02. The highest BCUT2D eigenvalue weighted by atomic mass is 16.4. The van der Waals surface area contributed by atoms with E-state index in [4.69, 9.17) is 10.2 Å². The molecule has 1 unspecified atom stereocenters. The Morgan fingerprint density at radius 2 is 2.35 bits per heavy atom. The number of hydrogen-bond donors (Lipinski definition) is 3. The molecule has 0 aliphatic heterocycles. The molecule has 17 heavy (non-hydrogen) atoms. The van der Waals surface area contributed by atoms with Gasteiger partial charge in [-0.05, 0) is 37.8 Å². The van der Waals surface area contributed by atoms with Gasteiger partial charge in [0, 0.05) is 11.7 Å². The van der Waals surface area contributed by atoms with Crippen LogP contribution in [0.15, 0.2) is 6.07 Å². The molecule has 0 saturated carbocycles. The zero-order chi connectivity index (χ0) is 12.4. The molecule has 0 bridgehead atoms. The molecule has 0 spiro atoms. The minimum absolute atomic E-state index is 0.0577. The molecule has 3 N–H and O–H groups in total. The van der Waals surface area contributed by atoms with Crippen molar-refractivity contribution in [2.75, 3.05) is 11.9 Å². The standard InChI is InChI=1S/C12H16N2O3/c1-7(6-15)13-11-9(12(16)17)5-8-3-2-4-10(8)14-11/h5,7,15H,2-4,6H2,1H3,(H,13,14)(H,16,17). The van der Waals surface area contributed by atoms with Crippen molar-refractivity contribution in [2.24, 2.45) is 0 Å². The van der Waals surface area contributed by atoms with Gasteiger partial charge in [0.25, 0.3) is 0 Å². The van der Waals surface area contributed by atoms with E-state index in [9.17, 15) is 4.79 Å². The first-order valence-electron chi connectivity index (χ1n) is 5.75. The Kier molecular flexibility index (Phi) is 3.28. The Labute approximate surface area is 99.5 Å². The molecule has 1 atom stereocenters. The number of nitrogens with one attached hydrogen (secondary N) is 1. The number of fused-ring (bicyclic) bond motifs is 1. The van der Waals surface area contributed by atoms with E-state index in [0.717, 1.165) is 30.5 Å². The number of aliphatic hydroxyl groups excluding tert-OH is 1. The van der Waals surface area contributed by atoms with Crippen molar-refractivity contribution in [1.29, 1.82) is 0 Å². The molecule has 1 aliphatic carbocycles. The van der Waals surface area contributed by atoms with Crippen molar-refractivity contribution in [1.82, 2.24) is 4.98 Å². The second kappa shape index (κ2) is 4.71. The molecular formula is C12H16N2O3. The van der Waals surface area contributed by atoms with E-state index < -0.39 is 5.97 Å². The summed E-state index contributed by atoms with van der Waals surface area (Å²) in [6, 6.07) is 1.49. The molecule has 1 aromatic heterocycles. The van der Waals surface area contributed by atoms with E-state index in [-0.39, 0.29) is 18.2 Å². The number of aromatic nitrogens is 1. The third-order valence-electron chi connectivity index (χ3n) is 2.94. The van der Waals surface area contributed by atoms with Crippen LogP contribution in [-0.2, 0) is 12.8 Å². The summed E-state index contributed by atoms with van der Waals surface area (Å²) in [5.74, 6) is -0.625. The number of pyridine rings is 1. The first kappa shape index (κ1) is 11.9. The highest BCUT2D eigenvalue weighted by Gasteiger charge is 2.20. The van der Waals surface area contributed by atoms with Crippen molar-refractivity contribution in [3.05, 3.63) is 22.9 Å². The van der Waals surface area contributed by atoms with Crippen LogP contribution in [0.1, 0.15) is 35.0 Å². The second-order valence-corrected chi connectivity index (χ2v) is 4.38. The maximum atomic E-state index is 11.1. The summed E-state index contributed by atoms with van der Waals surface area (Å²) in [4.78, 5) is 15.5. The van der Waals surface area contributed by atoms with Gasteiger partial charge in [0.2, 0.25) is 0 Å². The minimum Gasteiger partial charge on any atom is -0.478 e. The van der Waals surface area contributed by atoms with E-state index in [2.05, 4.69) is 10.3 Å². The monoisotopic (exact) mass is 236 g/mol. The van der Waals surface area contributed by atoms with E-state index in [1.807, 2.05) is 0 Å². The molecule has 0 radical (unpaired) electrons. The number of nitrogens with zero attached hydrogens (tertiary/aromatic N) is 1. The Bertz CT molecular complexity index is 446. The lowest BCUT2D eigenvalue weighted by atomic mass is 10.1. The van der Waals surface area contributed by atoms with Crippen molar-refractivity contribution in [3.63, 3.8) is 0 Å². The predicted octanol–water partition coefficient (Wildman–Crippen LogP) is 1.06. The fourth-order valence-corrected chi connectivity index (χ4v) is 2.02. The molecule has 1 aliphatic rings. The first-order chi connectivity index (χ1) is 8.11. The molecule has 1 aromatic rings. The third-order valence-corrected chi connectivity index (χ3v) is 2.94. The van der Waals surface area contributed by atoms with E-state index in [0.29, 0.717) is 5.82 Å². The average Bonchev–Trinajstić information content (AvgIpc) is 2.74. The molecular weight excluding hydrogens is 220 g/mol. The van der Waals surface area contributed by atoms with Gasteiger partial charge >= 0.3 is 5.97 Å². The van der Waals surface area contributed by atoms with Gasteiger partial charge in [0.15, 0.2) is 0 Å². The van der Waals surface area contributed by atoms with Gasteiger partial charge < -0.3 is 15.5 Å². The van der Waals surface area contributed by atoms with Gasteiger partial charge in [-0.3, -0.25) is 0 Å². The van der Waals surface area contributed by atoms with Crippen LogP contribution in [0.5, 0.6) is 0 Å². The molecule has 2 rings (SSSR count). The summed E-state index contributed by atoms with van der Waals surface area (Å²) in [6.07, 6.45) is 2.83. The van der Waals surface area contributed by atoms with Crippen molar-refractivity contribution in [3.8, 4) is 0 Å². The SMILES string of the molecule is CC(CO)Nc1nc2c(cc1C(=O)O)CCC2. The quantitative estimate of drug-likeness (QED) is 0.728. The highest BCUT2D eigenvalue weighted by Crippen LogP contribution is 2.25.